The highest BCUT2D eigenvalue weighted by molar-refractivity contribution is 5.75. The van der Waals surface area contributed by atoms with E-state index in [1.54, 1.807) is 0 Å². The second-order valence-corrected chi connectivity index (χ2v) is 6.11. The molecule has 1 heterocycles. The number of hydrogen-bond donors (Lipinski definition) is 1. The third-order valence-electron chi connectivity index (χ3n) is 4.90. The molecule has 1 fully saturated rings. The molecule has 2 rings (SSSR count). The molecule has 1 aromatic carbocycles. The van der Waals surface area contributed by atoms with Crippen molar-refractivity contribution in [3.05, 3.63) is 34.9 Å². The first-order valence-electron chi connectivity index (χ1n) is 7.49. The van der Waals surface area contributed by atoms with E-state index in [0.29, 0.717) is 13.0 Å². The van der Waals surface area contributed by atoms with E-state index in [4.69, 9.17) is 0 Å². The van der Waals surface area contributed by atoms with Crippen LogP contribution in [-0.2, 0) is 11.3 Å². The molecule has 1 N–H and O–H groups in total. The molecule has 0 aromatic heterocycles. The topological polar surface area (TPSA) is 40.5 Å². The number of hydrogen-bond acceptors (Lipinski definition) is 2. The SMILES string of the molecule is CCC1(C(=O)O)CCCN(Cc2cccc(C)c2C)C1. The van der Waals surface area contributed by atoms with Crippen LogP contribution in [0.25, 0.3) is 0 Å². The summed E-state index contributed by atoms with van der Waals surface area (Å²) in [6.45, 7) is 8.81. The van der Waals surface area contributed by atoms with E-state index in [1.807, 2.05) is 6.92 Å². The summed E-state index contributed by atoms with van der Waals surface area (Å²) in [6, 6.07) is 6.37. The fourth-order valence-electron chi connectivity index (χ4n) is 3.20. The van der Waals surface area contributed by atoms with Gasteiger partial charge in [-0.05, 0) is 56.3 Å². The number of carboxylic acid groups (broad SMARTS) is 1. The molecule has 1 saturated heterocycles. The van der Waals surface area contributed by atoms with Crippen molar-refractivity contribution in [1.29, 1.82) is 0 Å². The molecule has 20 heavy (non-hydrogen) atoms. The lowest BCUT2D eigenvalue weighted by atomic mass is 9.77. The first-order chi connectivity index (χ1) is 9.48. The van der Waals surface area contributed by atoms with Gasteiger partial charge >= 0.3 is 5.97 Å². The predicted octanol–water partition coefficient (Wildman–Crippen LogP) is 3.38. The van der Waals surface area contributed by atoms with E-state index in [0.717, 1.165) is 25.9 Å². The van der Waals surface area contributed by atoms with Crippen LogP contribution in [0.15, 0.2) is 18.2 Å². The van der Waals surface area contributed by atoms with Crippen LogP contribution in [0.5, 0.6) is 0 Å². The standard InChI is InChI=1S/C17H25NO2/c1-4-17(16(19)20)9-6-10-18(12-17)11-15-8-5-7-13(2)14(15)3/h5,7-8H,4,6,9-12H2,1-3H3,(H,19,20). The normalized spacial score (nSPS) is 23.8. The summed E-state index contributed by atoms with van der Waals surface area (Å²) in [5, 5.41) is 9.54. The maximum atomic E-state index is 11.6. The molecule has 3 heteroatoms. The quantitative estimate of drug-likeness (QED) is 0.915. The Balaban J connectivity index is 2.14. The summed E-state index contributed by atoms with van der Waals surface area (Å²) in [5.41, 5.74) is 3.41. The lowest BCUT2D eigenvalue weighted by Crippen LogP contribution is -2.47. The fourth-order valence-corrected chi connectivity index (χ4v) is 3.20. The highest BCUT2D eigenvalue weighted by Gasteiger charge is 2.40. The van der Waals surface area contributed by atoms with Crippen LogP contribution >= 0.6 is 0 Å². The highest BCUT2D eigenvalue weighted by atomic mass is 16.4. The number of likely N-dealkylation sites (tertiary alicyclic amines) is 1. The van der Waals surface area contributed by atoms with Gasteiger partial charge in [0.15, 0.2) is 0 Å². The van der Waals surface area contributed by atoms with Crippen molar-refractivity contribution in [3.8, 4) is 0 Å². The molecule has 3 nitrogen and oxygen atoms in total. The molecule has 0 aliphatic carbocycles. The van der Waals surface area contributed by atoms with E-state index in [2.05, 4.69) is 36.9 Å². The summed E-state index contributed by atoms with van der Waals surface area (Å²) < 4.78 is 0. The predicted molar refractivity (Wildman–Crippen MR) is 80.8 cm³/mol. The number of aliphatic carboxylic acids is 1. The van der Waals surface area contributed by atoms with E-state index in [-0.39, 0.29) is 0 Å². The molecule has 1 aliphatic heterocycles. The largest absolute Gasteiger partial charge is 0.481 e. The Labute approximate surface area is 121 Å². The molecule has 0 bridgehead atoms. The highest BCUT2D eigenvalue weighted by Crippen LogP contribution is 2.34. The van der Waals surface area contributed by atoms with Gasteiger partial charge in [-0.3, -0.25) is 9.69 Å². The van der Waals surface area contributed by atoms with Gasteiger partial charge in [-0.1, -0.05) is 25.1 Å². The first kappa shape index (κ1) is 15.0. The van der Waals surface area contributed by atoms with Crippen molar-refractivity contribution in [3.63, 3.8) is 0 Å². The third-order valence-corrected chi connectivity index (χ3v) is 4.90. The molecule has 0 saturated carbocycles. The van der Waals surface area contributed by atoms with Crippen molar-refractivity contribution in [2.24, 2.45) is 5.41 Å². The maximum Gasteiger partial charge on any atom is 0.310 e. The van der Waals surface area contributed by atoms with Gasteiger partial charge in [0, 0.05) is 13.1 Å². The minimum Gasteiger partial charge on any atom is -0.481 e. The van der Waals surface area contributed by atoms with Crippen LogP contribution in [0.3, 0.4) is 0 Å². The molecule has 1 aromatic rings. The third kappa shape index (κ3) is 2.88. The second kappa shape index (κ2) is 5.96. The molecular formula is C17H25NO2. The van der Waals surface area contributed by atoms with E-state index < -0.39 is 11.4 Å². The van der Waals surface area contributed by atoms with Gasteiger partial charge in [-0.2, -0.15) is 0 Å². The number of aryl methyl sites for hydroxylation is 1. The van der Waals surface area contributed by atoms with Crippen molar-refractivity contribution in [2.75, 3.05) is 13.1 Å². The average Bonchev–Trinajstić information content (AvgIpc) is 2.44. The number of rotatable bonds is 4. The molecule has 1 aliphatic rings. The van der Waals surface area contributed by atoms with Gasteiger partial charge in [0.25, 0.3) is 0 Å². The van der Waals surface area contributed by atoms with Crippen LogP contribution < -0.4 is 0 Å². The van der Waals surface area contributed by atoms with E-state index in [9.17, 15) is 9.90 Å². The Bertz CT molecular complexity index is 498. The van der Waals surface area contributed by atoms with Crippen LogP contribution in [0, 0.1) is 19.3 Å². The molecule has 0 spiro atoms. The summed E-state index contributed by atoms with van der Waals surface area (Å²) in [6.07, 6.45) is 2.50. The minimum absolute atomic E-state index is 0.546. The zero-order chi connectivity index (χ0) is 14.8. The van der Waals surface area contributed by atoms with Crippen molar-refractivity contribution >= 4 is 5.97 Å². The van der Waals surface area contributed by atoms with E-state index in [1.165, 1.54) is 16.7 Å². The Kier molecular flexibility index (Phi) is 4.48. The number of carboxylic acids is 1. The van der Waals surface area contributed by atoms with Gasteiger partial charge in [0.2, 0.25) is 0 Å². The van der Waals surface area contributed by atoms with Crippen molar-refractivity contribution < 1.29 is 9.90 Å². The van der Waals surface area contributed by atoms with Gasteiger partial charge in [0.05, 0.1) is 5.41 Å². The molecule has 110 valence electrons. The lowest BCUT2D eigenvalue weighted by Gasteiger charge is -2.39. The maximum absolute atomic E-state index is 11.6. The summed E-state index contributed by atoms with van der Waals surface area (Å²) in [4.78, 5) is 13.9. The van der Waals surface area contributed by atoms with Crippen LogP contribution in [0.1, 0.15) is 42.9 Å². The van der Waals surface area contributed by atoms with Gasteiger partial charge < -0.3 is 5.11 Å². The molecular weight excluding hydrogens is 250 g/mol. The van der Waals surface area contributed by atoms with Crippen molar-refractivity contribution in [2.45, 2.75) is 46.6 Å². The zero-order valence-electron chi connectivity index (χ0n) is 12.8. The van der Waals surface area contributed by atoms with E-state index >= 15 is 0 Å². The Morgan fingerprint density at radius 3 is 2.80 bits per heavy atom. The number of nitrogens with zero attached hydrogens (tertiary/aromatic N) is 1. The molecule has 0 amide bonds. The number of carbonyl (C=O) groups is 1. The Morgan fingerprint density at radius 1 is 1.40 bits per heavy atom. The molecule has 1 atom stereocenters. The van der Waals surface area contributed by atoms with Crippen LogP contribution in [0.2, 0.25) is 0 Å². The summed E-state index contributed by atoms with van der Waals surface area (Å²) >= 11 is 0. The second-order valence-electron chi connectivity index (χ2n) is 6.11. The Morgan fingerprint density at radius 2 is 2.15 bits per heavy atom. The monoisotopic (exact) mass is 275 g/mol. The molecule has 1 unspecified atom stereocenters. The lowest BCUT2D eigenvalue weighted by molar-refractivity contribution is -0.153. The summed E-state index contributed by atoms with van der Waals surface area (Å²) in [7, 11) is 0. The van der Waals surface area contributed by atoms with Crippen LogP contribution in [0.4, 0.5) is 0 Å². The smallest absolute Gasteiger partial charge is 0.310 e. The van der Waals surface area contributed by atoms with Gasteiger partial charge in [-0.25, -0.2) is 0 Å². The fraction of sp³-hybridized carbons (Fsp3) is 0.588. The van der Waals surface area contributed by atoms with Gasteiger partial charge in [0.1, 0.15) is 0 Å². The summed E-state index contributed by atoms with van der Waals surface area (Å²) in [5.74, 6) is -0.634. The number of benzene rings is 1. The van der Waals surface area contributed by atoms with Crippen LogP contribution in [-0.4, -0.2) is 29.1 Å². The molecule has 0 radical (unpaired) electrons. The number of piperidine rings is 1. The van der Waals surface area contributed by atoms with Crippen molar-refractivity contribution in [1.82, 2.24) is 4.90 Å². The first-order valence-corrected chi connectivity index (χ1v) is 7.49. The zero-order valence-corrected chi connectivity index (χ0v) is 12.8. The van der Waals surface area contributed by atoms with Gasteiger partial charge in [-0.15, -0.1) is 0 Å². The Hall–Kier alpha value is -1.35. The minimum atomic E-state index is -0.634. The average molecular weight is 275 g/mol.